The van der Waals surface area contributed by atoms with E-state index >= 15 is 0 Å². The van der Waals surface area contributed by atoms with Crippen LogP contribution in [0.1, 0.15) is 30.6 Å². The topological polar surface area (TPSA) is 118 Å². The first-order chi connectivity index (χ1) is 20.7. The van der Waals surface area contributed by atoms with Crippen molar-refractivity contribution in [2.24, 2.45) is 5.92 Å². The number of anilines is 2. The molecule has 1 amide bonds. The number of nitrogens with one attached hydrogen (secondary N) is 1. The monoisotopic (exact) mass is 599 g/mol. The van der Waals surface area contributed by atoms with Gasteiger partial charge in [0, 0.05) is 78.0 Å². The number of amides is 1. The number of nitrogens with zero attached hydrogens (tertiary/aromatic N) is 3. The molecular weight excluding hydrogens is 562 g/mol. The standard InChI is InChI=1S/C33H37N5O4S/c1-22-18-37(20-24-14-16-42-21-24)19-23(2)38(22)33(39)26-8-11-28(12-9-26)36-43(40,41)31-13-10-27(34)17-30(31)29-7-3-5-25-6-4-15-35-32(25)29/h3-13,15,17,22-24,36H,14,16,18-21,34H2,1-2H3. The molecule has 2 saturated heterocycles. The fourth-order valence-electron chi connectivity index (χ4n) is 6.43. The zero-order valence-corrected chi connectivity index (χ0v) is 25.3. The van der Waals surface area contributed by atoms with Crippen LogP contribution in [0.4, 0.5) is 11.4 Å². The molecule has 2 aliphatic rings. The molecule has 0 spiro atoms. The van der Waals surface area contributed by atoms with Crippen molar-refractivity contribution >= 4 is 38.2 Å². The van der Waals surface area contributed by atoms with Crippen LogP contribution in [0.5, 0.6) is 0 Å². The number of para-hydroxylation sites is 1. The molecule has 10 heteroatoms. The summed E-state index contributed by atoms with van der Waals surface area (Å²) in [5, 5.41) is 0.896. The van der Waals surface area contributed by atoms with Crippen LogP contribution in [0.15, 0.2) is 83.9 Å². The number of rotatable bonds is 7. The molecule has 1 aromatic heterocycles. The van der Waals surface area contributed by atoms with Crippen LogP contribution in [0.25, 0.3) is 22.0 Å². The molecule has 3 aromatic carbocycles. The van der Waals surface area contributed by atoms with Gasteiger partial charge in [0.15, 0.2) is 0 Å². The zero-order valence-electron chi connectivity index (χ0n) is 24.4. The third-order valence-corrected chi connectivity index (χ3v) is 9.81. The molecular formula is C33H37N5O4S. The van der Waals surface area contributed by atoms with Crippen molar-refractivity contribution in [2.75, 3.05) is 43.3 Å². The molecule has 3 N–H and O–H groups in total. The minimum atomic E-state index is -4.01. The van der Waals surface area contributed by atoms with Gasteiger partial charge in [0.1, 0.15) is 0 Å². The number of pyridine rings is 1. The van der Waals surface area contributed by atoms with E-state index in [2.05, 4.69) is 28.5 Å². The molecule has 6 rings (SSSR count). The van der Waals surface area contributed by atoms with E-state index in [0.29, 0.717) is 39.5 Å². The summed E-state index contributed by atoms with van der Waals surface area (Å²) in [5.41, 5.74) is 9.25. The minimum absolute atomic E-state index is 0.0532. The van der Waals surface area contributed by atoms with Crippen molar-refractivity contribution in [3.63, 3.8) is 0 Å². The zero-order chi connectivity index (χ0) is 30.1. The summed E-state index contributed by atoms with van der Waals surface area (Å²) in [4.78, 5) is 22.5. The maximum Gasteiger partial charge on any atom is 0.262 e. The predicted molar refractivity (Wildman–Crippen MR) is 169 cm³/mol. The fraction of sp³-hybridized carbons (Fsp3) is 0.333. The van der Waals surface area contributed by atoms with Gasteiger partial charge in [-0.05, 0) is 74.7 Å². The smallest absolute Gasteiger partial charge is 0.262 e. The minimum Gasteiger partial charge on any atom is -0.399 e. The lowest BCUT2D eigenvalue weighted by Gasteiger charge is -2.45. The van der Waals surface area contributed by atoms with Crippen LogP contribution in [0.3, 0.4) is 0 Å². The molecule has 3 atom stereocenters. The van der Waals surface area contributed by atoms with E-state index in [0.717, 1.165) is 44.7 Å². The quantitative estimate of drug-likeness (QED) is 0.292. The summed E-state index contributed by atoms with van der Waals surface area (Å²) in [5.74, 6) is 0.508. The van der Waals surface area contributed by atoms with Gasteiger partial charge < -0.3 is 15.4 Å². The van der Waals surface area contributed by atoms with E-state index in [-0.39, 0.29) is 22.9 Å². The Morgan fingerprint density at radius 3 is 2.47 bits per heavy atom. The Bertz CT molecular complexity index is 1720. The van der Waals surface area contributed by atoms with Gasteiger partial charge in [0.25, 0.3) is 15.9 Å². The van der Waals surface area contributed by atoms with Gasteiger partial charge in [-0.1, -0.05) is 24.3 Å². The van der Waals surface area contributed by atoms with Crippen LogP contribution >= 0.6 is 0 Å². The second-order valence-corrected chi connectivity index (χ2v) is 13.3. The lowest BCUT2D eigenvalue weighted by molar-refractivity contribution is 0.0243. The van der Waals surface area contributed by atoms with Crippen molar-refractivity contribution < 1.29 is 17.9 Å². The third-order valence-electron chi connectivity index (χ3n) is 8.37. The molecule has 3 heterocycles. The number of hydrogen-bond donors (Lipinski definition) is 2. The summed E-state index contributed by atoms with van der Waals surface area (Å²) >= 11 is 0. The molecule has 43 heavy (non-hydrogen) atoms. The average Bonchev–Trinajstić information content (AvgIpc) is 3.49. The van der Waals surface area contributed by atoms with Gasteiger partial charge in [-0.2, -0.15) is 0 Å². The van der Waals surface area contributed by atoms with E-state index in [9.17, 15) is 13.2 Å². The van der Waals surface area contributed by atoms with Crippen LogP contribution in [-0.4, -0.2) is 74.0 Å². The highest BCUT2D eigenvalue weighted by molar-refractivity contribution is 7.92. The number of carbonyl (C=O) groups excluding carboxylic acids is 1. The summed E-state index contributed by atoms with van der Waals surface area (Å²) in [6, 6.07) is 20.9. The first-order valence-electron chi connectivity index (χ1n) is 14.7. The molecule has 2 aliphatic heterocycles. The SMILES string of the molecule is CC1CN(CC2CCOC2)CC(C)N1C(=O)c1ccc(NS(=O)(=O)c2ccc(N)cc2-c2cccc3cccnc23)cc1. The highest BCUT2D eigenvalue weighted by Gasteiger charge is 2.34. The third kappa shape index (κ3) is 6.08. The summed E-state index contributed by atoms with van der Waals surface area (Å²) in [7, 11) is -4.01. The Morgan fingerprint density at radius 1 is 1.00 bits per heavy atom. The molecule has 4 aromatic rings. The Morgan fingerprint density at radius 2 is 1.74 bits per heavy atom. The second kappa shape index (κ2) is 11.9. The Kier molecular flexibility index (Phi) is 8.09. The lowest BCUT2D eigenvalue weighted by atomic mass is 10.0. The number of sulfonamides is 1. The van der Waals surface area contributed by atoms with Crippen LogP contribution in [0.2, 0.25) is 0 Å². The van der Waals surface area contributed by atoms with E-state index in [4.69, 9.17) is 10.5 Å². The predicted octanol–water partition coefficient (Wildman–Crippen LogP) is 4.86. The highest BCUT2D eigenvalue weighted by atomic mass is 32.2. The molecule has 2 fully saturated rings. The van der Waals surface area contributed by atoms with E-state index < -0.39 is 10.0 Å². The van der Waals surface area contributed by atoms with Gasteiger partial charge in [-0.15, -0.1) is 0 Å². The largest absolute Gasteiger partial charge is 0.399 e. The van der Waals surface area contributed by atoms with Gasteiger partial charge in [-0.3, -0.25) is 19.4 Å². The van der Waals surface area contributed by atoms with Crippen molar-refractivity contribution in [2.45, 2.75) is 37.2 Å². The number of benzene rings is 3. The first-order valence-corrected chi connectivity index (χ1v) is 16.2. The van der Waals surface area contributed by atoms with Crippen LogP contribution in [-0.2, 0) is 14.8 Å². The molecule has 0 aliphatic carbocycles. The van der Waals surface area contributed by atoms with Crippen LogP contribution in [0, 0.1) is 5.92 Å². The molecule has 0 bridgehead atoms. The highest BCUT2D eigenvalue weighted by Crippen LogP contribution is 2.34. The molecule has 3 unspecified atom stereocenters. The van der Waals surface area contributed by atoms with Crippen LogP contribution < -0.4 is 10.5 Å². The van der Waals surface area contributed by atoms with Crippen molar-refractivity contribution in [1.29, 1.82) is 0 Å². The number of aromatic nitrogens is 1. The second-order valence-electron chi connectivity index (χ2n) is 11.7. The summed E-state index contributed by atoms with van der Waals surface area (Å²) in [6.07, 6.45) is 2.78. The number of fused-ring (bicyclic) bond motifs is 1. The Balaban J connectivity index is 1.19. The normalized spacial score (nSPS) is 21.3. The summed E-state index contributed by atoms with van der Waals surface area (Å²) in [6.45, 7) is 8.47. The number of ether oxygens (including phenoxy) is 1. The fourth-order valence-corrected chi connectivity index (χ4v) is 7.69. The lowest BCUT2D eigenvalue weighted by Crippen LogP contribution is -2.59. The van der Waals surface area contributed by atoms with Gasteiger partial charge in [-0.25, -0.2) is 8.42 Å². The van der Waals surface area contributed by atoms with Crippen molar-refractivity contribution in [1.82, 2.24) is 14.8 Å². The number of piperazine rings is 1. The first kappa shape index (κ1) is 29.1. The number of carbonyl (C=O) groups is 1. The van der Waals surface area contributed by atoms with Crippen molar-refractivity contribution in [3.8, 4) is 11.1 Å². The number of nitrogen functional groups attached to an aromatic ring is 1. The molecule has 0 saturated carbocycles. The average molecular weight is 600 g/mol. The molecule has 0 radical (unpaired) electrons. The number of nitrogens with two attached hydrogens (primary N) is 1. The maximum atomic E-state index is 13.7. The van der Waals surface area contributed by atoms with E-state index in [1.165, 1.54) is 6.07 Å². The Labute approximate surface area is 252 Å². The van der Waals surface area contributed by atoms with Gasteiger partial charge >= 0.3 is 0 Å². The number of hydrogen-bond acceptors (Lipinski definition) is 7. The molecule has 9 nitrogen and oxygen atoms in total. The summed E-state index contributed by atoms with van der Waals surface area (Å²) < 4.78 is 35.6. The van der Waals surface area contributed by atoms with Crippen molar-refractivity contribution in [3.05, 3.63) is 84.6 Å². The Hall–Kier alpha value is -3.99. The molecule has 224 valence electrons. The maximum absolute atomic E-state index is 13.7. The van der Waals surface area contributed by atoms with E-state index in [1.807, 2.05) is 35.2 Å². The van der Waals surface area contributed by atoms with Gasteiger partial charge in [0.2, 0.25) is 0 Å². The van der Waals surface area contributed by atoms with Gasteiger partial charge in [0.05, 0.1) is 17.0 Å². The van der Waals surface area contributed by atoms with E-state index in [1.54, 1.807) is 42.6 Å².